The average molecular weight is 155 g/mol. The molecule has 0 saturated heterocycles. The Labute approximate surface area is 70.6 Å². The fourth-order valence-corrected chi connectivity index (χ4v) is 1.53. The van der Waals surface area contributed by atoms with Crippen LogP contribution in [0.25, 0.3) is 0 Å². The summed E-state index contributed by atoms with van der Waals surface area (Å²) < 4.78 is 0. The lowest BCUT2D eigenvalue weighted by molar-refractivity contribution is 0.236. The van der Waals surface area contributed by atoms with Crippen LogP contribution in [-0.2, 0) is 0 Å². The van der Waals surface area contributed by atoms with Crippen LogP contribution in [-0.4, -0.2) is 12.6 Å². The molecule has 0 aromatic carbocycles. The lowest BCUT2D eigenvalue weighted by Crippen LogP contribution is -2.38. The molecule has 1 nitrogen and oxygen atoms in total. The lowest BCUT2D eigenvalue weighted by Gasteiger charge is -2.32. The zero-order chi connectivity index (χ0) is 8.27. The maximum atomic E-state index is 3.58. The zero-order valence-electron chi connectivity index (χ0n) is 8.06. The summed E-state index contributed by atoms with van der Waals surface area (Å²) in [5.41, 5.74) is 0. The van der Waals surface area contributed by atoms with Gasteiger partial charge in [-0.25, -0.2) is 0 Å². The van der Waals surface area contributed by atoms with Gasteiger partial charge in [0, 0.05) is 6.04 Å². The summed E-state index contributed by atoms with van der Waals surface area (Å²) >= 11 is 0. The maximum Gasteiger partial charge on any atom is 0.00671 e. The Bertz CT molecular complexity index is 105. The third-order valence-corrected chi connectivity index (χ3v) is 2.71. The molecule has 0 bridgehead atoms. The van der Waals surface area contributed by atoms with Crippen molar-refractivity contribution in [3.8, 4) is 0 Å². The Morgan fingerprint density at radius 1 is 1.27 bits per heavy atom. The minimum Gasteiger partial charge on any atom is -0.314 e. The van der Waals surface area contributed by atoms with E-state index in [0.717, 1.165) is 17.9 Å². The SMILES string of the molecule is CC(C)CN[C@H](C)C1CCC1. The van der Waals surface area contributed by atoms with Crippen molar-refractivity contribution in [1.82, 2.24) is 5.32 Å². The second kappa shape index (κ2) is 4.10. The molecule has 0 aliphatic heterocycles. The summed E-state index contributed by atoms with van der Waals surface area (Å²) in [7, 11) is 0. The van der Waals surface area contributed by atoms with Gasteiger partial charge in [0.05, 0.1) is 0 Å². The molecule has 1 aliphatic carbocycles. The summed E-state index contributed by atoms with van der Waals surface area (Å²) in [6, 6.07) is 0.756. The Balaban J connectivity index is 2.05. The Morgan fingerprint density at radius 2 is 1.91 bits per heavy atom. The molecule has 1 fully saturated rings. The number of nitrogens with one attached hydrogen (secondary N) is 1. The molecule has 0 aromatic rings. The van der Waals surface area contributed by atoms with E-state index in [0.29, 0.717) is 0 Å². The van der Waals surface area contributed by atoms with Crippen LogP contribution < -0.4 is 5.32 Å². The van der Waals surface area contributed by atoms with E-state index in [-0.39, 0.29) is 0 Å². The number of hydrogen-bond donors (Lipinski definition) is 1. The van der Waals surface area contributed by atoms with Gasteiger partial charge in [-0.15, -0.1) is 0 Å². The minimum atomic E-state index is 0.756. The van der Waals surface area contributed by atoms with Crippen LogP contribution in [0.1, 0.15) is 40.0 Å². The van der Waals surface area contributed by atoms with E-state index in [1.807, 2.05) is 0 Å². The molecule has 0 radical (unpaired) electrons. The lowest BCUT2D eigenvalue weighted by atomic mass is 9.80. The van der Waals surface area contributed by atoms with Gasteiger partial charge in [-0.2, -0.15) is 0 Å². The van der Waals surface area contributed by atoms with Crippen LogP contribution in [0.3, 0.4) is 0 Å². The van der Waals surface area contributed by atoms with Crippen LogP contribution in [0, 0.1) is 11.8 Å². The predicted octanol–water partition coefficient (Wildman–Crippen LogP) is 2.42. The van der Waals surface area contributed by atoms with Gasteiger partial charge < -0.3 is 5.32 Å². The molecule has 1 rings (SSSR count). The number of rotatable bonds is 4. The van der Waals surface area contributed by atoms with Gasteiger partial charge in [-0.3, -0.25) is 0 Å². The van der Waals surface area contributed by atoms with E-state index in [2.05, 4.69) is 26.1 Å². The fourth-order valence-electron chi connectivity index (χ4n) is 1.53. The molecule has 1 atom stereocenters. The average Bonchev–Trinajstić information content (AvgIpc) is 1.79. The molecule has 0 unspecified atom stereocenters. The zero-order valence-corrected chi connectivity index (χ0v) is 8.06. The van der Waals surface area contributed by atoms with Gasteiger partial charge in [0.1, 0.15) is 0 Å². The second-order valence-electron chi connectivity index (χ2n) is 4.28. The summed E-state index contributed by atoms with van der Waals surface area (Å²) in [6.45, 7) is 8.03. The molecule has 66 valence electrons. The molecule has 0 spiro atoms. The molecule has 0 aromatic heterocycles. The first kappa shape index (κ1) is 9.05. The number of hydrogen-bond acceptors (Lipinski definition) is 1. The van der Waals surface area contributed by atoms with Gasteiger partial charge in [-0.05, 0) is 38.1 Å². The molecule has 0 amide bonds. The highest BCUT2D eigenvalue weighted by atomic mass is 14.9. The van der Waals surface area contributed by atoms with Crippen molar-refractivity contribution in [2.24, 2.45) is 11.8 Å². The van der Waals surface area contributed by atoms with E-state index in [1.165, 1.54) is 25.8 Å². The fraction of sp³-hybridized carbons (Fsp3) is 1.00. The van der Waals surface area contributed by atoms with Gasteiger partial charge in [-0.1, -0.05) is 20.3 Å². The molecule has 1 N–H and O–H groups in total. The van der Waals surface area contributed by atoms with E-state index < -0.39 is 0 Å². The Morgan fingerprint density at radius 3 is 2.27 bits per heavy atom. The summed E-state index contributed by atoms with van der Waals surface area (Å²) in [5.74, 6) is 1.77. The van der Waals surface area contributed by atoms with Crippen molar-refractivity contribution >= 4 is 0 Å². The van der Waals surface area contributed by atoms with E-state index in [4.69, 9.17) is 0 Å². The molecule has 0 heterocycles. The largest absolute Gasteiger partial charge is 0.314 e. The third-order valence-electron chi connectivity index (χ3n) is 2.71. The van der Waals surface area contributed by atoms with Crippen LogP contribution >= 0.6 is 0 Å². The quantitative estimate of drug-likeness (QED) is 0.657. The van der Waals surface area contributed by atoms with Crippen LogP contribution in [0.5, 0.6) is 0 Å². The monoisotopic (exact) mass is 155 g/mol. The van der Waals surface area contributed by atoms with Crippen molar-refractivity contribution in [2.45, 2.75) is 46.1 Å². The molecular formula is C10H21N. The Hall–Kier alpha value is -0.0400. The highest BCUT2D eigenvalue weighted by Gasteiger charge is 2.23. The van der Waals surface area contributed by atoms with Crippen LogP contribution in [0.15, 0.2) is 0 Å². The van der Waals surface area contributed by atoms with Crippen molar-refractivity contribution < 1.29 is 0 Å². The standard InChI is InChI=1S/C10H21N/c1-8(2)7-11-9(3)10-5-4-6-10/h8-11H,4-7H2,1-3H3/t9-/m1/s1. The van der Waals surface area contributed by atoms with Gasteiger partial charge in [0.2, 0.25) is 0 Å². The first-order chi connectivity index (χ1) is 5.20. The molecular weight excluding hydrogens is 134 g/mol. The van der Waals surface area contributed by atoms with Crippen molar-refractivity contribution in [3.05, 3.63) is 0 Å². The summed E-state index contributed by atoms with van der Waals surface area (Å²) in [6.07, 6.45) is 4.36. The van der Waals surface area contributed by atoms with Crippen molar-refractivity contribution in [3.63, 3.8) is 0 Å². The van der Waals surface area contributed by atoms with Crippen molar-refractivity contribution in [1.29, 1.82) is 0 Å². The van der Waals surface area contributed by atoms with E-state index in [1.54, 1.807) is 0 Å². The van der Waals surface area contributed by atoms with Gasteiger partial charge in [0.15, 0.2) is 0 Å². The molecule has 1 saturated carbocycles. The van der Waals surface area contributed by atoms with E-state index >= 15 is 0 Å². The highest BCUT2D eigenvalue weighted by molar-refractivity contribution is 4.79. The summed E-state index contributed by atoms with van der Waals surface area (Å²) in [5, 5.41) is 3.58. The highest BCUT2D eigenvalue weighted by Crippen LogP contribution is 2.29. The summed E-state index contributed by atoms with van der Waals surface area (Å²) in [4.78, 5) is 0. The normalized spacial score (nSPS) is 21.8. The third kappa shape index (κ3) is 2.82. The predicted molar refractivity (Wildman–Crippen MR) is 49.6 cm³/mol. The first-order valence-corrected chi connectivity index (χ1v) is 4.93. The minimum absolute atomic E-state index is 0.756. The first-order valence-electron chi connectivity index (χ1n) is 4.93. The van der Waals surface area contributed by atoms with Gasteiger partial charge >= 0.3 is 0 Å². The maximum absolute atomic E-state index is 3.58. The second-order valence-corrected chi connectivity index (χ2v) is 4.28. The van der Waals surface area contributed by atoms with Crippen LogP contribution in [0.2, 0.25) is 0 Å². The van der Waals surface area contributed by atoms with E-state index in [9.17, 15) is 0 Å². The molecule has 1 aliphatic rings. The van der Waals surface area contributed by atoms with Gasteiger partial charge in [0.25, 0.3) is 0 Å². The topological polar surface area (TPSA) is 12.0 Å². The smallest absolute Gasteiger partial charge is 0.00671 e. The van der Waals surface area contributed by atoms with Crippen molar-refractivity contribution in [2.75, 3.05) is 6.54 Å². The molecule has 1 heteroatoms. The Kier molecular flexibility index (Phi) is 3.38. The van der Waals surface area contributed by atoms with Crippen LogP contribution in [0.4, 0.5) is 0 Å². The molecule has 11 heavy (non-hydrogen) atoms.